The Morgan fingerprint density at radius 3 is 1.88 bits per heavy atom. The minimum absolute atomic E-state index is 0.124. The van der Waals surface area contributed by atoms with Gasteiger partial charge in [0.15, 0.2) is 0 Å². The molecule has 2 aromatic rings. The van der Waals surface area contributed by atoms with Crippen molar-refractivity contribution in [2.45, 2.75) is 13.3 Å². The van der Waals surface area contributed by atoms with Gasteiger partial charge in [0.25, 0.3) is 0 Å². The molecule has 130 valence electrons. The molecule has 0 saturated heterocycles. The van der Waals surface area contributed by atoms with E-state index in [2.05, 4.69) is 16.0 Å². The molecular formula is C17H15ClFN3O3. The minimum Gasteiger partial charge on any atom is -0.326 e. The molecule has 0 heterocycles. The van der Waals surface area contributed by atoms with Gasteiger partial charge in [-0.25, -0.2) is 4.39 Å². The zero-order valence-corrected chi connectivity index (χ0v) is 14.0. The normalized spacial score (nSPS) is 10.0. The molecule has 0 spiro atoms. The molecule has 6 nitrogen and oxygen atoms in total. The number of hydrogen-bond donors (Lipinski definition) is 3. The van der Waals surface area contributed by atoms with E-state index in [0.29, 0.717) is 17.1 Å². The summed E-state index contributed by atoms with van der Waals surface area (Å²) in [5, 5.41) is 7.50. The zero-order chi connectivity index (χ0) is 18.4. The average molecular weight is 364 g/mol. The van der Waals surface area contributed by atoms with Crippen LogP contribution >= 0.6 is 11.6 Å². The first-order valence-electron chi connectivity index (χ1n) is 7.26. The van der Waals surface area contributed by atoms with Crippen molar-refractivity contribution in [3.63, 3.8) is 0 Å². The number of anilines is 3. The summed E-state index contributed by atoms with van der Waals surface area (Å²) in [7, 11) is 0. The smallest absolute Gasteiger partial charge is 0.233 e. The maximum absolute atomic E-state index is 13.1. The predicted molar refractivity (Wildman–Crippen MR) is 94.0 cm³/mol. The van der Waals surface area contributed by atoms with Crippen molar-refractivity contribution in [3.05, 3.63) is 53.3 Å². The van der Waals surface area contributed by atoms with Gasteiger partial charge in [-0.1, -0.05) is 11.6 Å². The van der Waals surface area contributed by atoms with Gasteiger partial charge in [0.2, 0.25) is 17.7 Å². The summed E-state index contributed by atoms with van der Waals surface area (Å²) in [6, 6.07) is 10.2. The molecule has 0 aliphatic heterocycles. The van der Waals surface area contributed by atoms with Crippen LogP contribution in [0.3, 0.4) is 0 Å². The Kier molecular flexibility index (Phi) is 6.08. The highest BCUT2D eigenvalue weighted by molar-refractivity contribution is 6.31. The quantitative estimate of drug-likeness (QED) is 0.711. The first-order chi connectivity index (χ1) is 11.8. The largest absolute Gasteiger partial charge is 0.326 e. The molecule has 0 saturated carbocycles. The highest BCUT2D eigenvalue weighted by Gasteiger charge is 2.11. The number of carbonyl (C=O) groups excluding carboxylic acids is 3. The first-order valence-corrected chi connectivity index (χ1v) is 7.63. The SMILES string of the molecule is CC(=O)Nc1ccc(NC(=O)CC(=O)Nc2ccc(F)c(Cl)c2)cc1. The van der Waals surface area contributed by atoms with Crippen LogP contribution in [0.15, 0.2) is 42.5 Å². The number of rotatable bonds is 5. The third-order valence-corrected chi connectivity index (χ3v) is 3.30. The van der Waals surface area contributed by atoms with E-state index < -0.39 is 24.1 Å². The monoisotopic (exact) mass is 363 g/mol. The van der Waals surface area contributed by atoms with E-state index in [1.807, 2.05) is 0 Å². The topological polar surface area (TPSA) is 87.3 Å². The fourth-order valence-electron chi connectivity index (χ4n) is 1.97. The van der Waals surface area contributed by atoms with E-state index in [4.69, 9.17) is 11.6 Å². The first kappa shape index (κ1) is 18.4. The van der Waals surface area contributed by atoms with Crippen LogP contribution in [0.5, 0.6) is 0 Å². The lowest BCUT2D eigenvalue weighted by molar-refractivity contribution is -0.123. The molecule has 0 bridgehead atoms. The highest BCUT2D eigenvalue weighted by atomic mass is 35.5. The van der Waals surface area contributed by atoms with Crippen molar-refractivity contribution in [2.24, 2.45) is 0 Å². The van der Waals surface area contributed by atoms with Crippen LogP contribution in [0.2, 0.25) is 5.02 Å². The van der Waals surface area contributed by atoms with E-state index >= 15 is 0 Å². The van der Waals surface area contributed by atoms with Crippen molar-refractivity contribution in [1.29, 1.82) is 0 Å². The molecule has 0 unspecified atom stereocenters. The standard InChI is InChI=1S/C17H15ClFN3O3/c1-10(23)20-11-2-4-12(5-3-11)21-16(24)9-17(25)22-13-6-7-15(19)14(18)8-13/h2-8H,9H2,1H3,(H,20,23)(H,21,24)(H,22,25). The van der Waals surface area contributed by atoms with Crippen LogP contribution < -0.4 is 16.0 Å². The summed E-state index contributed by atoms with van der Waals surface area (Å²) in [6.07, 6.45) is -0.414. The molecule has 0 radical (unpaired) electrons. The number of hydrogen-bond acceptors (Lipinski definition) is 3. The second-order valence-corrected chi connectivity index (χ2v) is 5.57. The van der Waals surface area contributed by atoms with Crippen LogP contribution in [0, 0.1) is 5.82 Å². The second kappa shape index (κ2) is 8.25. The van der Waals surface area contributed by atoms with Crippen molar-refractivity contribution in [2.75, 3.05) is 16.0 Å². The number of benzene rings is 2. The Morgan fingerprint density at radius 1 is 0.880 bits per heavy atom. The van der Waals surface area contributed by atoms with E-state index in [1.165, 1.54) is 19.1 Å². The maximum atomic E-state index is 13.1. The van der Waals surface area contributed by atoms with Crippen molar-refractivity contribution in [1.82, 2.24) is 0 Å². The van der Waals surface area contributed by atoms with Gasteiger partial charge in [-0.3, -0.25) is 14.4 Å². The Morgan fingerprint density at radius 2 is 1.36 bits per heavy atom. The van der Waals surface area contributed by atoms with Crippen molar-refractivity contribution in [3.8, 4) is 0 Å². The Hall–Kier alpha value is -2.93. The third-order valence-electron chi connectivity index (χ3n) is 3.01. The molecule has 8 heteroatoms. The van der Waals surface area contributed by atoms with E-state index in [0.717, 1.165) is 6.07 Å². The molecular weight excluding hydrogens is 349 g/mol. The molecule has 2 rings (SSSR count). The maximum Gasteiger partial charge on any atom is 0.233 e. The van der Waals surface area contributed by atoms with Crippen molar-refractivity contribution >= 4 is 46.4 Å². The Balaban J connectivity index is 1.87. The summed E-state index contributed by atoms with van der Waals surface area (Å²) in [6.45, 7) is 1.39. The lowest BCUT2D eigenvalue weighted by atomic mass is 10.2. The summed E-state index contributed by atoms with van der Waals surface area (Å²) in [4.78, 5) is 34.6. The summed E-state index contributed by atoms with van der Waals surface area (Å²) in [5.41, 5.74) is 1.37. The molecule has 2 aromatic carbocycles. The van der Waals surface area contributed by atoms with E-state index in [1.54, 1.807) is 24.3 Å². The van der Waals surface area contributed by atoms with Gasteiger partial charge in [-0.15, -0.1) is 0 Å². The van der Waals surface area contributed by atoms with Crippen LogP contribution in [-0.4, -0.2) is 17.7 Å². The Bertz CT molecular complexity index is 809. The van der Waals surface area contributed by atoms with Gasteiger partial charge in [0, 0.05) is 24.0 Å². The molecule has 0 aliphatic carbocycles. The summed E-state index contributed by atoms with van der Waals surface area (Å²) in [5.74, 6) is -1.87. The van der Waals surface area contributed by atoms with Gasteiger partial charge in [0.05, 0.1) is 5.02 Å². The fourth-order valence-corrected chi connectivity index (χ4v) is 2.15. The van der Waals surface area contributed by atoms with Crippen LogP contribution in [0.1, 0.15) is 13.3 Å². The second-order valence-electron chi connectivity index (χ2n) is 5.16. The Labute approximate surface area is 148 Å². The molecule has 0 atom stereocenters. The van der Waals surface area contributed by atoms with Crippen LogP contribution in [0.4, 0.5) is 21.5 Å². The lowest BCUT2D eigenvalue weighted by Crippen LogP contribution is -2.21. The molecule has 0 fully saturated rings. The molecule has 25 heavy (non-hydrogen) atoms. The van der Waals surface area contributed by atoms with Crippen molar-refractivity contribution < 1.29 is 18.8 Å². The van der Waals surface area contributed by atoms with E-state index in [-0.39, 0.29) is 10.9 Å². The van der Waals surface area contributed by atoms with E-state index in [9.17, 15) is 18.8 Å². The van der Waals surface area contributed by atoms with Gasteiger partial charge >= 0.3 is 0 Å². The molecule has 0 aromatic heterocycles. The highest BCUT2D eigenvalue weighted by Crippen LogP contribution is 2.19. The average Bonchev–Trinajstić information content (AvgIpc) is 2.52. The van der Waals surface area contributed by atoms with Gasteiger partial charge < -0.3 is 16.0 Å². The number of carbonyl (C=O) groups is 3. The number of amides is 3. The summed E-state index contributed by atoms with van der Waals surface area (Å²) >= 11 is 5.62. The number of halogens is 2. The molecule has 3 N–H and O–H groups in total. The van der Waals surface area contributed by atoms with Gasteiger partial charge in [-0.2, -0.15) is 0 Å². The molecule has 0 aliphatic rings. The van der Waals surface area contributed by atoms with Crippen LogP contribution in [0.25, 0.3) is 0 Å². The molecule has 3 amide bonds. The van der Waals surface area contributed by atoms with Crippen LogP contribution in [-0.2, 0) is 14.4 Å². The minimum atomic E-state index is -0.597. The summed E-state index contributed by atoms with van der Waals surface area (Å²) < 4.78 is 13.1. The van der Waals surface area contributed by atoms with Gasteiger partial charge in [0.1, 0.15) is 12.2 Å². The zero-order valence-electron chi connectivity index (χ0n) is 13.2. The lowest BCUT2D eigenvalue weighted by Gasteiger charge is -2.08. The predicted octanol–water partition coefficient (Wildman–Crippen LogP) is 3.40. The third kappa shape index (κ3) is 5.89. The fraction of sp³-hybridized carbons (Fsp3) is 0.118. The van der Waals surface area contributed by atoms with Gasteiger partial charge in [-0.05, 0) is 42.5 Å². The number of nitrogens with one attached hydrogen (secondary N) is 3.